The molecule has 0 aromatic carbocycles. The van der Waals surface area contributed by atoms with Gasteiger partial charge in [-0.2, -0.15) is 0 Å². The second-order valence-corrected chi connectivity index (χ2v) is 3.42. The summed E-state index contributed by atoms with van der Waals surface area (Å²) in [5.74, 6) is 0. The van der Waals surface area contributed by atoms with Gasteiger partial charge in [-0.15, -0.1) is 0 Å². The molecule has 78 valence electrons. The first-order valence-corrected chi connectivity index (χ1v) is 4.58. The number of nitrogens with two attached hydrogens (primary N) is 1. The van der Waals surface area contributed by atoms with Gasteiger partial charge >= 0.3 is 0 Å². The van der Waals surface area contributed by atoms with Gasteiger partial charge in [-0.05, 0) is 12.8 Å². The molecule has 2 N–H and O–H groups in total. The summed E-state index contributed by atoms with van der Waals surface area (Å²) >= 11 is 0. The van der Waals surface area contributed by atoms with Gasteiger partial charge in [0.1, 0.15) is 12.2 Å². The van der Waals surface area contributed by atoms with Crippen LogP contribution in [0.1, 0.15) is 12.8 Å². The fourth-order valence-electron chi connectivity index (χ4n) is 1.99. The van der Waals surface area contributed by atoms with E-state index in [1.165, 1.54) is 0 Å². The minimum absolute atomic E-state index is 0.0428. The molecule has 0 spiro atoms. The first-order chi connectivity index (χ1) is 6.24. The molecule has 0 bridgehead atoms. The molecule has 1 aliphatic rings. The van der Waals surface area contributed by atoms with E-state index >= 15 is 0 Å². The minimum Gasteiger partial charge on any atom is -0.379 e. The summed E-state index contributed by atoms with van der Waals surface area (Å²) in [5.41, 5.74) is 5.91. The third kappa shape index (κ3) is 2.20. The molecule has 13 heavy (non-hydrogen) atoms. The van der Waals surface area contributed by atoms with Gasteiger partial charge < -0.3 is 19.9 Å². The highest BCUT2D eigenvalue weighted by molar-refractivity contribution is 4.92. The molecule has 0 aromatic heterocycles. The van der Waals surface area contributed by atoms with Gasteiger partial charge in [0.25, 0.3) is 0 Å². The minimum atomic E-state index is -0.0521. The molecular formula is C9H19NO3. The third-order valence-electron chi connectivity index (χ3n) is 2.74. The molecule has 4 heteroatoms. The Balaban J connectivity index is 2.64. The molecule has 4 nitrogen and oxygen atoms in total. The summed E-state index contributed by atoms with van der Waals surface area (Å²) in [6.07, 6.45) is 1.88. The smallest absolute Gasteiger partial charge is 0.111 e. The standard InChI is InChI=1S/C9H19NO3/c1-11-7-5-4-6(10)8(12-2)9(7)13-3/h6-9H,4-5,10H2,1-3H3. The predicted octanol–water partition coefficient (Wildman–Crippen LogP) is 0.153. The molecule has 0 radical (unpaired) electrons. The van der Waals surface area contributed by atoms with Crippen molar-refractivity contribution in [1.82, 2.24) is 0 Å². The van der Waals surface area contributed by atoms with Crippen LogP contribution in [0.25, 0.3) is 0 Å². The van der Waals surface area contributed by atoms with Crippen molar-refractivity contribution in [2.45, 2.75) is 37.2 Å². The van der Waals surface area contributed by atoms with Gasteiger partial charge in [0.15, 0.2) is 0 Å². The lowest BCUT2D eigenvalue weighted by Gasteiger charge is -2.39. The van der Waals surface area contributed by atoms with E-state index in [9.17, 15) is 0 Å². The van der Waals surface area contributed by atoms with E-state index in [4.69, 9.17) is 19.9 Å². The van der Waals surface area contributed by atoms with Crippen LogP contribution in [0.15, 0.2) is 0 Å². The summed E-state index contributed by atoms with van der Waals surface area (Å²) in [6, 6.07) is 0.0568. The summed E-state index contributed by atoms with van der Waals surface area (Å²) in [4.78, 5) is 0. The second kappa shape index (κ2) is 4.91. The predicted molar refractivity (Wildman–Crippen MR) is 49.6 cm³/mol. The zero-order chi connectivity index (χ0) is 9.84. The van der Waals surface area contributed by atoms with Crippen molar-refractivity contribution in [2.75, 3.05) is 21.3 Å². The van der Waals surface area contributed by atoms with Crippen LogP contribution in [-0.4, -0.2) is 45.7 Å². The largest absolute Gasteiger partial charge is 0.379 e. The molecule has 4 atom stereocenters. The maximum atomic E-state index is 5.91. The fourth-order valence-corrected chi connectivity index (χ4v) is 1.99. The first kappa shape index (κ1) is 10.9. The highest BCUT2D eigenvalue weighted by Gasteiger charge is 2.38. The molecule has 0 amide bonds. The summed E-state index contributed by atoms with van der Waals surface area (Å²) in [5, 5.41) is 0. The van der Waals surface area contributed by atoms with Crippen molar-refractivity contribution in [3.8, 4) is 0 Å². The summed E-state index contributed by atoms with van der Waals surface area (Å²) < 4.78 is 16.0. The molecule has 0 aliphatic heterocycles. The Bertz CT molecular complexity index is 154. The van der Waals surface area contributed by atoms with Crippen LogP contribution in [0.5, 0.6) is 0 Å². The van der Waals surface area contributed by atoms with E-state index in [0.717, 1.165) is 12.8 Å². The number of methoxy groups -OCH3 is 3. The van der Waals surface area contributed by atoms with E-state index in [1.807, 2.05) is 0 Å². The lowest BCUT2D eigenvalue weighted by molar-refractivity contribution is -0.134. The van der Waals surface area contributed by atoms with Crippen molar-refractivity contribution in [3.05, 3.63) is 0 Å². The lowest BCUT2D eigenvalue weighted by Crippen LogP contribution is -2.54. The molecule has 1 aliphatic carbocycles. The first-order valence-electron chi connectivity index (χ1n) is 4.58. The van der Waals surface area contributed by atoms with Crippen molar-refractivity contribution < 1.29 is 14.2 Å². The molecule has 0 aromatic rings. The maximum absolute atomic E-state index is 5.91. The van der Waals surface area contributed by atoms with Crippen LogP contribution in [-0.2, 0) is 14.2 Å². The number of hydrogen-bond acceptors (Lipinski definition) is 4. The quantitative estimate of drug-likeness (QED) is 0.686. The van der Waals surface area contributed by atoms with E-state index in [-0.39, 0.29) is 24.4 Å². The molecule has 1 fully saturated rings. The number of ether oxygens (including phenoxy) is 3. The number of hydrogen-bond donors (Lipinski definition) is 1. The van der Waals surface area contributed by atoms with Gasteiger partial charge in [-0.1, -0.05) is 0 Å². The Hall–Kier alpha value is -0.160. The molecule has 4 unspecified atom stereocenters. The molecule has 1 saturated carbocycles. The molecule has 1 rings (SSSR count). The van der Waals surface area contributed by atoms with Gasteiger partial charge in [0, 0.05) is 27.4 Å². The number of rotatable bonds is 3. The van der Waals surface area contributed by atoms with Crippen molar-refractivity contribution >= 4 is 0 Å². The van der Waals surface area contributed by atoms with E-state index in [0.29, 0.717) is 0 Å². The monoisotopic (exact) mass is 189 g/mol. The Kier molecular flexibility index (Phi) is 4.12. The zero-order valence-electron chi connectivity index (χ0n) is 8.53. The Labute approximate surface area is 79.3 Å². The maximum Gasteiger partial charge on any atom is 0.111 e. The summed E-state index contributed by atoms with van der Waals surface area (Å²) in [7, 11) is 5.02. The van der Waals surface area contributed by atoms with Crippen LogP contribution in [0, 0.1) is 0 Å². The zero-order valence-corrected chi connectivity index (χ0v) is 8.53. The van der Waals surface area contributed by atoms with Crippen molar-refractivity contribution in [2.24, 2.45) is 5.73 Å². The molecule has 0 heterocycles. The Morgan fingerprint density at radius 3 is 2.00 bits per heavy atom. The fraction of sp³-hybridized carbons (Fsp3) is 1.00. The van der Waals surface area contributed by atoms with Gasteiger partial charge in [0.05, 0.1) is 6.10 Å². The average molecular weight is 189 g/mol. The normalized spacial score (nSPS) is 40.6. The van der Waals surface area contributed by atoms with Gasteiger partial charge in [-0.3, -0.25) is 0 Å². The second-order valence-electron chi connectivity index (χ2n) is 3.42. The highest BCUT2D eigenvalue weighted by Crippen LogP contribution is 2.24. The van der Waals surface area contributed by atoms with Crippen LogP contribution in [0.3, 0.4) is 0 Å². The lowest BCUT2D eigenvalue weighted by atomic mass is 9.88. The van der Waals surface area contributed by atoms with Crippen molar-refractivity contribution in [3.63, 3.8) is 0 Å². The average Bonchev–Trinajstić information content (AvgIpc) is 2.17. The SMILES string of the molecule is COC1CCC(N)C(OC)C1OC. The van der Waals surface area contributed by atoms with Gasteiger partial charge in [0.2, 0.25) is 0 Å². The topological polar surface area (TPSA) is 53.7 Å². The van der Waals surface area contributed by atoms with E-state index in [1.54, 1.807) is 21.3 Å². The van der Waals surface area contributed by atoms with Gasteiger partial charge in [-0.25, -0.2) is 0 Å². The van der Waals surface area contributed by atoms with Crippen LogP contribution in [0.4, 0.5) is 0 Å². The Morgan fingerprint density at radius 1 is 0.923 bits per heavy atom. The van der Waals surface area contributed by atoms with Crippen LogP contribution in [0.2, 0.25) is 0 Å². The van der Waals surface area contributed by atoms with Crippen LogP contribution >= 0.6 is 0 Å². The molecular weight excluding hydrogens is 170 g/mol. The summed E-state index contributed by atoms with van der Waals surface area (Å²) in [6.45, 7) is 0. The van der Waals surface area contributed by atoms with E-state index in [2.05, 4.69) is 0 Å². The highest BCUT2D eigenvalue weighted by atomic mass is 16.6. The van der Waals surface area contributed by atoms with Crippen LogP contribution < -0.4 is 5.73 Å². The van der Waals surface area contributed by atoms with E-state index < -0.39 is 0 Å². The third-order valence-corrected chi connectivity index (χ3v) is 2.74. The van der Waals surface area contributed by atoms with Crippen molar-refractivity contribution in [1.29, 1.82) is 0 Å². The Morgan fingerprint density at radius 2 is 1.54 bits per heavy atom. The molecule has 0 saturated heterocycles.